The molecule has 1 amide bonds. The summed E-state index contributed by atoms with van der Waals surface area (Å²) in [7, 11) is 0. The van der Waals surface area contributed by atoms with Crippen molar-refractivity contribution in [1.29, 1.82) is 0 Å². The molecule has 0 unspecified atom stereocenters. The maximum Gasteiger partial charge on any atom is 0.232 e. The zero-order valence-corrected chi connectivity index (χ0v) is 7.52. The van der Waals surface area contributed by atoms with Crippen LogP contribution in [0.1, 0.15) is 18.4 Å². The molecule has 1 aromatic rings. The van der Waals surface area contributed by atoms with Crippen LogP contribution in [0.4, 0.5) is 0 Å². The van der Waals surface area contributed by atoms with E-state index in [0.717, 1.165) is 19.3 Å². The molecule has 0 saturated carbocycles. The molecule has 2 heteroatoms. The molecule has 0 atom stereocenters. The van der Waals surface area contributed by atoms with E-state index in [-0.39, 0.29) is 0 Å². The number of aliphatic imine (C=N–C) groups is 1. The van der Waals surface area contributed by atoms with Gasteiger partial charge in [-0.1, -0.05) is 30.3 Å². The highest BCUT2D eigenvalue weighted by molar-refractivity contribution is 5.69. The number of hydrogen-bond acceptors (Lipinski definition) is 1. The van der Waals surface area contributed by atoms with E-state index >= 15 is 0 Å². The van der Waals surface area contributed by atoms with Crippen LogP contribution in [0.15, 0.2) is 35.3 Å². The second kappa shape index (κ2) is 6.12. The Hall–Kier alpha value is -1.44. The first-order chi connectivity index (χ1) is 6.43. The first-order valence-corrected chi connectivity index (χ1v) is 4.42. The molecule has 2 nitrogen and oxygen atoms in total. The second-order valence-corrected chi connectivity index (χ2v) is 2.81. The van der Waals surface area contributed by atoms with Gasteiger partial charge >= 0.3 is 0 Å². The van der Waals surface area contributed by atoms with Crippen LogP contribution < -0.4 is 0 Å². The predicted octanol–water partition coefficient (Wildman–Crippen LogP) is 2.24. The average Bonchev–Trinajstić information content (AvgIpc) is 2.19. The lowest BCUT2D eigenvalue weighted by atomic mass is 10.1. The standard InChI is InChI=1S/C11H13NO/c13-10-12-9-5-4-8-11-6-2-1-3-7-11/h1-3,6-7,9-10H,4-5,8H2. The Kier molecular flexibility index (Phi) is 4.54. The van der Waals surface area contributed by atoms with Crippen LogP contribution >= 0.6 is 0 Å². The number of carbonyl (C=O) groups excluding carboxylic acids is 1. The maximum atomic E-state index is 9.84. The zero-order valence-electron chi connectivity index (χ0n) is 7.52. The van der Waals surface area contributed by atoms with E-state index < -0.39 is 0 Å². The van der Waals surface area contributed by atoms with Gasteiger partial charge in [0, 0.05) is 6.21 Å². The van der Waals surface area contributed by atoms with Crippen LogP contribution in [0, 0.1) is 0 Å². The van der Waals surface area contributed by atoms with Crippen LogP contribution in [0.3, 0.4) is 0 Å². The molecule has 0 aliphatic carbocycles. The normalized spacial score (nSPS) is 10.5. The SMILES string of the molecule is O=CN=CCCCc1ccccc1. The molecule has 0 saturated heterocycles. The maximum absolute atomic E-state index is 9.84. The molecule has 1 rings (SSSR count). The largest absolute Gasteiger partial charge is 0.276 e. The van der Waals surface area contributed by atoms with Crippen molar-refractivity contribution in [2.45, 2.75) is 19.3 Å². The minimum absolute atomic E-state index is 0.572. The highest BCUT2D eigenvalue weighted by Gasteiger charge is 1.89. The van der Waals surface area contributed by atoms with Crippen molar-refractivity contribution < 1.29 is 4.79 Å². The molecular formula is C11H13NO. The van der Waals surface area contributed by atoms with Gasteiger partial charge in [-0.15, -0.1) is 0 Å². The van der Waals surface area contributed by atoms with E-state index in [2.05, 4.69) is 17.1 Å². The van der Waals surface area contributed by atoms with Crippen molar-refractivity contribution in [3.63, 3.8) is 0 Å². The van der Waals surface area contributed by atoms with Crippen LogP contribution in [0.5, 0.6) is 0 Å². The summed E-state index contributed by atoms with van der Waals surface area (Å²) in [6.07, 6.45) is 5.19. The highest BCUT2D eigenvalue weighted by Crippen LogP contribution is 2.03. The predicted molar refractivity (Wildman–Crippen MR) is 53.9 cm³/mol. The molecule has 0 bridgehead atoms. The molecule has 1 aromatic carbocycles. The van der Waals surface area contributed by atoms with Gasteiger partial charge in [0.05, 0.1) is 0 Å². The Morgan fingerprint density at radius 2 is 2.00 bits per heavy atom. The Bertz CT molecular complexity index is 267. The summed E-state index contributed by atoms with van der Waals surface area (Å²) in [4.78, 5) is 13.3. The van der Waals surface area contributed by atoms with E-state index in [1.807, 2.05) is 18.2 Å². The molecule has 0 heterocycles. The summed E-state index contributed by atoms with van der Waals surface area (Å²) in [6.45, 7) is 0. The highest BCUT2D eigenvalue weighted by atomic mass is 16.1. The second-order valence-electron chi connectivity index (χ2n) is 2.81. The van der Waals surface area contributed by atoms with E-state index in [0.29, 0.717) is 6.41 Å². The van der Waals surface area contributed by atoms with Gasteiger partial charge in [-0.3, -0.25) is 4.79 Å². The van der Waals surface area contributed by atoms with Crippen LogP contribution in [0.2, 0.25) is 0 Å². The van der Waals surface area contributed by atoms with Gasteiger partial charge in [0.2, 0.25) is 6.41 Å². The molecule has 0 aliphatic heterocycles. The number of benzene rings is 1. The molecular weight excluding hydrogens is 162 g/mol. The number of hydrogen-bond donors (Lipinski definition) is 0. The molecule has 68 valence electrons. The first-order valence-electron chi connectivity index (χ1n) is 4.42. The molecule has 0 spiro atoms. The van der Waals surface area contributed by atoms with E-state index in [1.54, 1.807) is 6.21 Å². The molecule has 0 radical (unpaired) electrons. The number of carbonyl (C=O) groups is 1. The molecule has 0 fully saturated rings. The number of nitrogens with zero attached hydrogens (tertiary/aromatic N) is 1. The minimum Gasteiger partial charge on any atom is -0.276 e. The summed E-state index contributed by atoms with van der Waals surface area (Å²) in [5.41, 5.74) is 1.34. The zero-order chi connectivity index (χ0) is 9.36. The van der Waals surface area contributed by atoms with Gasteiger partial charge in [0.1, 0.15) is 0 Å². The molecule has 0 N–H and O–H groups in total. The fraction of sp³-hybridized carbons (Fsp3) is 0.273. The first kappa shape index (κ1) is 9.65. The fourth-order valence-corrected chi connectivity index (χ4v) is 1.16. The van der Waals surface area contributed by atoms with Crippen molar-refractivity contribution in [2.24, 2.45) is 4.99 Å². The summed E-state index contributed by atoms with van der Waals surface area (Å²) in [5.74, 6) is 0. The number of aryl methyl sites for hydroxylation is 1. The lowest BCUT2D eigenvalue weighted by Gasteiger charge is -1.96. The number of amides is 1. The van der Waals surface area contributed by atoms with Crippen molar-refractivity contribution in [1.82, 2.24) is 0 Å². The van der Waals surface area contributed by atoms with Gasteiger partial charge in [-0.05, 0) is 24.8 Å². The van der Waals surface area contributed by atoms with Crippen LogP contribution in [0.25, 0.3) is 0 Å². The van der Waals surface area contributed by atoms with E-state index in [1.165, 1.54) is 5.56 Å². The molecule has 13 heavy (non-hydrogen) atoms. The third kappa shape index (κ3) is 4.21. The number of rotatable bonds is 5. The van der Waals surface area contributed by atoms with Gasteiger partial charge in [0.15, 0.2) is 0 Å². The monoisotopic (exact) mass is 175 g/mol. The Morgan fingerprint density at radius 3 is 2.69 bits per heavy atom. The molecule has 0 aromatic heterocycles. The van der Waals surface area contributed by atoms with Crippen molar-refractivity contribution in [3.8, 4) is 0 Å². The van der Waals surface area contributed by atoms with Gasteiger partial charge in [-0.2, -0.15) is 0 Å². The lowest BCUT2D eigenvalue weighted by Crippen LogP contribution is -1.85. The van der Waals surface area contributed by atoms with Crippen molar-refractivity contribution >= 4 is 12.6 Å². The quantitative estimate of drug-likeness (QED) is 0.383. The van der Waals surface area contributed by atoms with Gasteiger partial charge in [-0.25, -0.2) is 4.99 Å². The summed E-state index contributed by atoms with van der Waals surface area (Å²) in [6, 6.07) is 10.3. The van der Waals surface area contributed by atoms with Crippen molar-refractivity contribution in [2.75, 3.05) is 0 Å². The smallest absolute Gasteiger partial charge is 0.232 e. The lowest BCUT2D eigenvalue weighted by molar-refractivity contribution is -0.106. The third-order valence-electron chi connectivity index (χ3n) is 1.81. The molecule has 0 aliphatic rings. The third-order valence-corrected chi connectivity index (χ3v) is 1.81. The van der Waals surface area contributed by atoms with E-state index in [4.69, 9.17) is 0 Å². The van der Waals surface area contributed by atoms with Crippen LogP contribution in [-0.4, -0.2) is 12.6 Å². The van der Waals surface area contributed by atoms with Gasteiger partial charge in [0.25, 0.3) is 0 Å². The Labute approximate surface area is 78.3 Å². The average molecular weight is 175 g/mol. The fourth-order valence-electron chi connectivity index (χ4n) is 1.16. The Balaban J connectivity index is 2.20. The van der Waals surface area contributed by atoms with E-state index in [9.17, 15) is 4.79 Å². The summed E-state index contributed by atoms with van der Waals surface area (Å²) in [5, 5.41) is 0. The van der Waals surface area contributed by atoms with Crippen molar-refractivity contribution in [3.05, 3.63) is 35.9 Å². The topological polar surface area (TPSA) is 29.4 Å². The van der Waals surface area contributed by atoms with Gasteiger partial charge < -0.3 is 0 Å². The minimum atomic E-state index is 0.572. The summed E-state index contributed by atoms with van der Waals surface area (Å²) >= 11 is 0. The number of unbranched alkanes of at least 4 members (excludes halogenated alkanes) is 1. The van der Waals surface area contributed by atoms with Crippen LogP contribution in [-0.2, 0) is 11.2 Å². The Morgan fingerprint density at radius 1 is 1.23 bits per heavy atom. The summed E-state index contributed by atoms with van der Waals surface area (Å²) < 4.78 is 0.